The lowest BCUT2D eigenvalue weighted by molar-refractivity contribution is -0.134. The zero-order valence-corrected chi connectivity index (χ0v) is 14.8. The molecule has 2 fully saturated rings. The van der Waals surface area contributed by atoms with E-state index in [9.17, 15) is 14.4 Å². The van der Waals surface area contributed by atoms with Gasteiger partial charge >= 0.3 is 6.03 Å². The van der Waals surface area contributed by atoms with Gasteiger partial charge in [-0.05, 0) is 36.5 Å². The molecule has 0 aromatic heterocycles. The molecular formula is C19H25N3O3. The number of nitrogens with zero attached hydrogens (tertiary/aromatic N) is 1. The lowest BCUT2D eigenvalue weighted by atomic mass is 9.82. The number of carbonyl (C=O) groups is 3. The normalized spacial score (nSPS) is 19.4. The summed E-state index contributed by atoms with van der Waals surface area (Å²) in [7, 11) is 0. The van der Waals surface area contributed by atoms with Crippen LogP contribution in [0, 0.1) is 0 Å². The molecule has 25 heavy (non-hydrogen) atoms. The van der Waals surface area contributed by atoms with Gasteiger partial charge in [-0.2, -0.15) is 0 Å². The topological polar surface area (TPSA) is 78.5 Å². The van der Waals surface area contributed by atoms with Crippen molar-refractivity contribution in [1.82, 2.24) is 10.2 Å². The van der Waals surface area contributed by atoms with Crippen molar-refractivity contribution in [3.05, 3.63) is 29.8 Å². The van der Waals surface area contributed by atoms with E-state index in [0.29, 0.717) is 24.4 Å². The molecule has 4 amide bonds. The lowest BCUT2D eigenvalue weighted by Gasteiger charge is -2.30. The van der Waals surface area contributed by atoms with Crippen molar-refractivity contribution < 1.29 is 14.4 Å². The van der Waals surface area contributed by atoms with Crippen LogP contribution in [0.3, 0.4) is 0 Å². The largest absolute Gasteiger partial charge is 0.325 e. The van der Waals surface area contributed by atoms with Crippen LogP contribution in [0.25, 0.3) is 0 Å². The van der Waals surface area contributed by atoms with Crippen molar-refractivity contribution in [2.45, 2.75) is 57.4 Å². The van der Waals surface area contributed by atoms with E-state index in [1.807, 2.05) is 24.3 Å². The highest BCUT2D eigenvalue weighted by Crippen LogP contribution is 2.33. The number of rotatable bonds is 4. The third kappa shape index (κ3) is 3.52. The van der Waals surface area contributed by atoms with Crippen molar-refractivity contribution in [1.29, 1.82) is 0 Å². The standard InChI is InChI=1S/C19H25N3O3/c1-13(2)14-6-8-15(9-7-14)20-16(23)12-22-17(24)19(21-18(22)25)10-4-3-5-11-19/h6-9,13H,3-5,10-12H2,1-2H3,(H,20,23)(H,21,25). The zero-order chi connectivity index (χ0) is 18.0. The van der Waals surface area contributed by atoms with E-state index in [-0.39, 0.29) is 18.4 Å². The van der Waals surface area contributed by atoms with Crippen LogP contribution in [-0.4, -0.2) is 34.8 Å². The predicted molar refractivity (Wildman–Crippen MR) is 95.2 cm³/mol. The molecule has 1 aromatic carbocycles. The molecule has 1 aliphatic heterocycles. The monoisotopic (exact) mass is 343 g/mol. The molecular weight excluding hydrogens is 318 g/mol. The number of carbonyl (C=O) groups excluding carboxylic acids is 3. The maximum atomic E-state index is 12.7. The van der Waals surface area contributed by atoms with Crippen molar-refractivity contribution >= 4 is 23.5 Å². The van der Waals surface area contributed by atoms with E-state index in [1.165, 1.54) is 5.56 Å². The summed E-state index contributed by atoms with van der Waals surface area (Å²) < 4.78 is 0. The summed E-state index contributed by atoms with van der Waals surface area (Å²) in [4.78, 5) is 38.2. The Labute approximate surface area is 148 Å². The van der Waals surface area contributed by atoms with Gasteiger partial charge in [-0.15, -0.1) is 0 Å². The number of urea groups is 1. The zero-order valence-electron chi connectivity index (χ0n) is 14.8. The second kappa shape index (κ2) is 6.86. The van der Waals surface area contributed by atoms with Crippen molar-refractivity contribution in [2.75, 3.05) is 11.9 Å². The molecule has 1 spiro atoms. The SMILES string of the molecule is CC(C)c1ccc(NC(=O)CN2C(=O)NC3(CCCCC3)C2=O)cc1. The average molecular weight is 343 g/mol. The number of benzene rings is 1. The Kier molecular flexibility index (Phi) is 4.79. The molecule has 1 aliphatic carbocycles. The summed E-state index contributed by atoms with van der Waals surface area (Å²) in [6.45, 7) is 3.96. The van der Waals surface area contributed by atoms with E-state index in [4.69, 9.17) is 0 Å². The molecule has 0 radical (unpaired) electrons. The maximum absolute atomic E-state index is 12.7. The molecule has 2 aliphatic rings. The summed E-state index contributed by atoms with van der Waals surface area (Å²) in [6, 6.07) is 7.14. The maximum Gasteiger partial charge on any atom is 0.325 e. The number of amides is 4. The van der Waals surface area contributed by atoms with Gasteiger partial charge in [-0.25, -0.2) is 4.79 Å². The highest BCUT2D eigenvalue weighted by Gasteiger charge is 2.51. The van der Waals surface area contributed by atoms with Gasteiger partial charge in [0.15, 0.2) is 0 Å². The molecule has 6 nitrogen and oxygen atoms in total. The van der Waals surface area contributed by atoms with Gasteiger partial charge in [0.05, 0.1) is 0 Å². The molecule has 0 atom stereocenters. The van der Waals surface area contributed by atoms with Crippen LogP contribution in [0.1, 0.15) is 57.4 Å². The Hall–Kier alpha value is -2.37. The minimum Gasteiger partial charge on any atom is -0.325 e. The van der Waals surface area contributed by atoms with Gasteiger partial charge < -0.3 is 10.6 Å². The number of hydrogen-bond donors (Lipinski definition) is 2. The Morgan fingerprint density at radius 1 is 1.16 bits per heavy atom. The number of anilines is 1. The van der Waals surface area contributed by atoms with Crippen LogP contribution in [0.15, 0.2) is 24.3 Å². The summed E-state index contributed by atoms with van der Waals surface area (Å²) in [6.07, 6.45) is 4.25. The van der Waals surface area contributed by atoms with Gasteiger partial charge in [-0.3, -0.25) is 14.5 Å². The van der Waals surface area contributed by atoms with Gasteiger partial charge in [0, 0.05) is 5.69 Å². The first-order valence-electron chi connectivity index (χ1n) is 8.95. The Morgan fingerprint density at radius 2 is 1.80 bits per heavy atom. The molecule has 134 valence electrons. The van der Waals surface area contributed by atoms with Crippen LogP contribution in [0.4, 0.5) is 10.5 Å². The number of imide groups is 1. The number of hydrogen-bond acceptors (Lipinski definition) is 3. The summed E-state index contributed by atoms with van der Waals surface area (Å²) >= 11 is 0. The second-order valence-electron chi connectivity index (χ2n) is 7.29. The smallest absolute Gasteiger partial charge is 0.325 e. The lowest BCUT2D eigenvalue weighted by Crippen LogP contribution is -2.48. The van der Waals surface area contributed by atoms with Crippen LogP contribution in [0.5, 0.6) is 0 Å². The Bertz CT molecular complexity index is 676. The average Bonchev–Trinajstić information content (AvgIpc) is 2.80. The van der Waals surface area contributed by atoms with Crippen molar-refractivity contribution in [2.24, 2.45) is 0 Å². The Morgan fingerprint density at radius 3 is 2.40 bits per heavy atom. The van der Waals surface area contributed by atoms with Crippen LogP contribution < -0.4 is 10.6 Å². The second-order valence-corrected chi connectivity index (χ2v) is 7.29. The fraction of sp³-hybridized carbons (Fsp3) is 0.526. The predicted octanol–water partition coefficient (Wildman–Crippen LogP) is 3.00. The quantitative estimate of drug-likeness (QED) is 0.825. The molecule has 2 N–H and O–H groups in total. The van der Waals surface area contributed by atoms with Gasteiger partial charge in [0.1, 0.15) is 12.1 Å². The van der Waals surface area contributed by atoms with Crippen LogP contribution >= 0.6 is 0 Å². The third-order valence-electron chi connectivity index (χ3n) is 5.12. The van der Waals surface area contributed by atoms with E-state index in [1.54, 1.807) is 0 Å². The number of nitrogens with one attached hydrogen (secondary N) is 2. The summed E-state index contributed by atoms with van der Waals surface area (Å²) in [5.74, 6) is -0.210. The first kappa shape index (κ1) is 17.5. The van der Waals surface area contributed by atoms with Crippen molar-refractivity contribution in [3.63, 3.8) is 0 Å². The van der Waals surface area contributed by atoms with E-state index in [0.717, 1.165) is 24.2 Å². The highest BCUT2D eigenvalue weighted by molar-refractivity contribution is 6.10. The molecule has 1 saturated carbocycles. The van der Waals surface area contributed by atoms with Crippen LogP contribution in [0.2, 0.25) is 0 Å². The molecule has 1 saturated heterocycles. The van der Waals surface area contributed by atoms with E-state index >= 15 is 0 Å². The van der Waals surface area contributed by atoms with E-state index in [2.05, 4.69) is 24.5 Å². The summed E-state index contributed by atoms with van der Waals surface area (Å²) in [5.41, 5.74) is 1.06. The molecule has 1 aromatic rings. The minimum atomic E-state index is -0.783. The molecule has 0 bridgehead atoms. The van der Waals surface area contributed by atoms with Crippen LogP contribution in [-0.2, 0) is 9.59 Å². The minimum absolute atomic E-state index is 0.252. The first-order chi connectivity index (χ1) is 11.9. The summed E-state index contributed by atoms with van der Waals surface area (Å²) in [5, 5.41) is 5.57. The van der Waals surface area contributed by atoms with Gasteiger partial charge in [0.25, 0.3) is 5.91 Å². The van der Waals surface area contributed by atoms with E-state index < -0.39 is 11.6 Å². The third-order valence-corrected chi connectivity index (χ3v) is 5.12. The van der Waals surface area contributed by atoms with Gasteiger partial charge in [0.2, 0.25) is 5.91 Å². The fourth-order valence-electron chi connectivity index (χ4n) is 3.61. The molecule has 6 heteroatoms. The molecule has 0 unspecified atom stereocenters. The molecule has 3 rings (SSSR count). The highest BCUT2D eigenvalue weighted by atomic mass is 16.2. The fourth-order valence-corrected chi connectivity index (χ4v) is 3.61. The van der Waals surface area contributed by atoms with Crippen molar-refractivity contribution in [3.8, 4) is 0 Å². The Balaban J connectivity index is 1.62. The first-order valence-corrected chi connectivity index (χ1v) is 8.95. The molecule has 1 heterocycles. The van der Waals surface area contributed by atoms with Gasteiger partial charge in [-0.1, -0.05) is 45.2 Å².